The van der Waals surface area contributed by atoms with Crippen LogP contribution in [0.2, 0.25) is 0 Å². The van der Waals surface area contributed by atoms with Crippen LogP contribution in [-0.2, 0) is 9.53 Å². The van der Waals surface area contributed by atoms with E-state index in [1.807, 2.05) is 0 Å². The second-order valence-electron chi connectivity index (χ2n) is 2.88. The number of ether oxygens (including phenoxy) is 1. The molecule has 14 heavy (non-hydrogen) atoms. The van der Waals surface area contributed by atoms with Crippen molar-refractivity contribution in [3.05, 3.63) is 24.4 Å². The lowest BCUT2D eigenvalue weighted by molar-refractivity contribution is -0.140. The molecule has 0 saturated carbocycles. The van der Waals surface area contributed by atoms with Crippen molar-refractivity contribution in [3.8, 4) is 0 Å². The normalized spacial score (nSPS) is 10.9. The van der Waals surface area contributed by atoms with Crippen LogP contribution in [0.5, 0.6) is 0 Å². The van der Waals surface area contributed by atoms with E-state index in [9.17, 15) is 4.79 Å². The third-order valence-electron chi connectivity index (χ3n) is 1.76. The van der Waals surface area contributed by atoms with Crippen molar-refractivity contribution in [2.45, 2.75) is 26.2 Å². The predicted molar refractivity (Wildman–Crippen MR) is 57.8 cm³/mol. The van der Waals surface area contributed by atoms with Gasteiger partial charge in [-0.3, -0.25) is 4.79 Å². The lowest BCUT2D eigenvalue weighted by Crippen LogP contribution is -2.14. The van der Waals surface area contributed by atoms with Crippen molar-refractivity contribution < 1.29 is 9.53 Å². The van der Waals surface area contributed by atoms with Crippen molar-refractivity contribution in [1.82, 2.24) is 5.32 Å². The number of hydrogen-bond acceptors (Lipinski definition) is 3. The average molecular weight is 197 g/mol. The first kappa shape index (κ1) is 12.8. The molecule has 0 aliphatic rings. The molecule has 0 spiro atoms. The van der Waals surface area contributed by atoms with Crippen molar-refractivity contribution in [3.63, 3.8) is 0 Å². The van der Waals surface area contributed by atoms with Crippen LogP contribution in [0.4, 0.5) is 0 Å². The molecule has 0 heterocycles. The van der Waals surface area contributed by atoms with E-state index >= 15 is 0 Å². The van der Waals surface area contributed by atoms with E-state index in [4.69, 9.17) is 0 Å². The van der Waals surface area contributed by atoms with E-state index in [2.05, 4.69) is 29.6 Å². The van der Waals surface area contributed by atoms with Crippen LogP contribution in [0.1, 0.15) is 26.2 Å². The van der Waals surface area contributed by atoms with Gasteiger partial charge in [-0.2, -0.15) is 0 Å². The van der Waals surface area contributed by atoms with Gasteiger partial charge in [0.15, 0.2) is 0 Å². The molecule has 0 aliphatic heterocycles. The Balaban J connectivity index is 3.57. The summed E-state index contributed by atoms with van der Waals surface area (Å²) in [6.07, 6.45) is 6.06. The van der Waals surface area contributed by atoms with Gasteiger partial charge < -0.3 is 10.1 Å². The van der Waals surface area contributed by atoms with E-state index in [0.717, 1.165) is 25.1 Å². The summed E-state index contributed by atoms with van der Waals surface area (Å²) in [6.45, 7) is 6.53. The number of methoxy groups -OCH3 is 1. The van der Waals surface area contributed by atoms with Gasteiger partial charge in [0.2, 0.25) is 0 Å². The maximum Gasteiger partial charge on any atom is 0.305 e. The molecule has 1 N–H and O–H groups in total. The molecule has 0 aromatic rings. The monoisotopic (exact) mass is 197 g/mol. The molecule has 0 bridgehead atoms. The van der Waals surface area contributed by atoms with E-state index in [1.54, 1.807) is 6.08 Å². The standard InChI is InChI=1S/C11H19NO2/c1-4-7-10(5-2)12-9-6-8-11(13)14-3/h5,7,12H,2,4,6,8-9H2,1,3H3/b10-7+. The predicted octanol–water partition coefficient (Wildman–Crippen LogP) is 2.01. The molecule has 0 rings (SSSR count). The lowest BCUT2D eigenvalue weighted by atomic mass is 10.3. The fourth-order valence-electron chi connectivity index (χ4n) is 1.02. The molecular formula is C11H19NO2. The molecular weight excluding hydrogens is 178 g/mol. The maximum absolute atomic E-state index is 10.8. The Bertz CT molecular complexity index is 209. The van der Waals surface area contributed by atoms with E-state index in [1.165, 1.54) is 7.11 Å². The smallest absolute Gasteiger partial charge is 0.305 e. The molecule has 3 nitrogen and oxygen atoms in total. The number of hydrogen-bond donors (Lipinski definition) is 1. The summed E-state index contributed by atoms with van der Waals surface area (Å²) in [5, 5.41) is 3.19. The van der Waals surface area contributed by atoms with E-state index in [-0.39, 0.29) is 5.97 Å². The van der Waals surface area contributed by atoms with Gasteiger partial charge in [-0.05, 0) is 18.9 Å². The fraction of sp³-hybridized carbons (Fsp3) is 0.545. The highest BCUT2D eigenvalue weighted by molar-refractivity contribution is 5.69. The van der Waals surface area contributed by atoms with Gasteiger partial charge in [0.25, 0.3) is 0 Å². The van der Waals surface area contributed by atoms with Crippen LogP contribution in [0.25, 0.3) is 0 Å². The van der Waals surface area contributed by atoms with Crippen LogP contribution < -0.4 is 5.32 Å². The van der Waals surface area contributed by atoms with Gasteiger partial charge in [-0.15, -0.1) is 0 Å². The maximum atomic E-state index is 10.8. The van der Waals surface area contributed by atoms with Crippen LogP contribution in [0, 0.1) is 0 Å². The van der Waals surface area contributed by atoms with Gasteiger partial charge in [-0.25, -0.2) is 0 Å². The molecule has 0 radical (unpaired) electrons. The second-order valence-corrected chi connectivity index (χ2v) is 2.88. The number of nitrogens with one attached hydrogen (secondary N) is 1. The minimum Gasteiger partial charge on any atom is -0.469 e. The highest BCUT2D eigenvalue weighted by Crippen LogP contribution is 1.95. The Morgan fingerprint density at radius 1 is 1.57 bits per heavy atom. The Labute approximate surface area is 85.8 Å². The van der Waals surface area contributed by atoms with Gasteiger partial charge >= 0.3 is 5.97 Å². The summed E-state index contributed by atoms with van der Waals surface area (Å²) in [4.78, 5) is 10.8. The third-order valence-corrected chi connectivity index (χ3v) is 1.76. The molecule has 0 atom stereocenters. The molecule has 0 saturated heterocycles. The van der Waals surface area contributed by atoms with Gasteiger partial charge in [-0.1, -0.05) is 19.6 Å². The lowest BCUT2D eigenvalue weighted by Gasteiger charge is -2.05. The van der Waals surface area contributed by atoms with Gasteiger partial charge in [0, 0.05) is 18.7 Å². The second kappa shape index (κ2) is 8.35. The van der Waals surface area contributed by atoms with Crippen molar-refractivity contribution >= 4 is 5.97 Å². The van der Waals surface area contributed by atoms with Gasteiger partial charge in [0.05, 0.1) is 7.11 Å². The number of rotatable bonds is 7. The zero-order valence-corrected chi connectivity index (χ0v) is 9.01. The summed E-state index contributed by atoms with van der Waals surface area (Å²) in [7, 11) is 1.40. The molecule has 0 amide bonds. The molecule has 0 unspecified atom stereocenters. The van der Waals surface area contributed by atoms with Crippen molar-refractivity contribution in [2.75, 3.05) is 13.7 Å². The molecule has 0 aromatic carbocycles. The summed E-state index contributed by atoms with van der Waals surface area (Å²) in [5.41, 5.74) is 1.03. The molecule has 3 heteroatoms. The Kier molecular flexibility index (Phi) is 7.61. The highest BCUT2D eigenvalue weighted by atomic mass is 16.5. The Morgan fingerprint density at radius 2 is 2.29 bits per heavy atom. The third kappa shape index (κ3) is 6.29. The minimum absolute atomic E-state index is 0.161. The van der Waals surface area contributed by atoms with E-state index < -0.39 is 0 Å². The molecule has 80 valence electrons. The number of esters is 1. The number of allylic oxidation sites excluding steroid dienone is 2. The summed E-state index contributed by atoms with van der Waals surface area (Å²) < 4.78 is 4.53. The van der Waals surface area contributed by atoms with Crippen LogP contribution in [0.15, 0.2) is 24.4 Å². The van der Waals surface area contributed by atoms with Crippen molar-refractivity contribution in [1.29, 1.82) is 0 Å². The summed E-state index contributed by atoms with van der Waals surface area (Å²) >= 11 is 0. The largest absolute Gasteiger partial charge is 0.469 e. The Morgan fingerprint density at radius 3 is 2.79 bits per heavy atom. The van der Waals surface area contributed by atoms with Crippen molar-refractivity contribution in [2.24, 2.45) is 0 Å². The summed E-state index contributed by atoms with van der Waals surface area (Å²) in [5.74, 6) is -0.161. The minimum atomic E-state index is -0.161. The highest BCUT2D eigenvalue weighted by Gasteiger charge is 1.98. The zero-order valence-electron chi connectivity index (χ0n) is 9.01. The average Bonchev–Trinajstić information content (AvgIpc) is 2.22. The number of carbonyl (C=O) groups is 1. The topological polar surface area (TPSA) is 38.3 Å². The Hall–Kier alpha value is -1.25. The van der Waals surface area contributed by atoms with Crippen LogP contribution in [-0.4, -0.2) is 19.6 Å². The molecule has 0 fully saturated rings. The SMILES string of the molecule is C=C/C(=C\CC)NCCCC(=O)OC. The first-order valence-corrected chi connectivity index (χ1v) is 4.87. The first-order chi connectivity index (χ1) is 6.74. The summed E-state index contributed by atoms with van der Waals surface area (Å²) in [6, 6.07) is 0. The first-order valence-electron chi connectivity index (χ1n) is 4.87. The quantitative estimate of drug-likeness (QED) is 0.385. The van der Waals surface area contributed by atoms with Gasteiger partial charge in [0.1, 0.15) is 0 Å². The molecule has 0 aliphatic carbocycles. The fourth-order valence-corrected chi connectivity index (χ4v) is 1.02. The molecule has 0 aromatic heterocycles. The van der Waals surface area contributed by atoms with E-state index in [0.29, 0.717) is 6.42 Å². The number of carbonyl (C=O) groups excluding carboxylic acids is 1. The van der Waals surface area contributed by atoms with Crippen LogP contribution >= 0.6 is 0 Å². The zero-order chi connectivity index (χ0) is 10.8. The van der Waals surface area contributed by atoms with Crippen LogP contribution in [0.3, 0.4) is 0 Å².